The van der Waals surface area contributed by atoms with E-state index in [0.29, 0.717) is 11.9 Å². The van der Waals surface area contributed by atoms with E-state index in [-0.39, 0.29) is 24.7 Å². The smallest absolute Gasteiger partial charge is 0.234 e. The van der Waals surface area contributed by atoms with Gasteiger partial charge in [0.1, 0.15) is 0 Å². The molecule has 1 saturated carbocycles. The lowest BCUT2D eigenvalue weighted by molar-refractivity contribution is -0.124. The van der Waals surface area contributed by atoms with Crippen molar-refractivity contribution in [3.63, 3.8) is 0 Å². The lowest BCUT2D eigenvalue weighted by Gasteiger charge is -2.11. The summed E-state index contributed by atoms with van der Waals surface area (Å²) in [5, 5.41) is 9.52. The van der Waals surface area contributed by atoms with Gasteiger partial charge in [-0.1, -0.05) is 24.9 Å². The molecule has 116 valence electrons. The van der Waals surface area contributed by atoms with Gasteiger partial charge >= 0.3 is 0 Å². The number of aromatic nitrogens is 1. The molecule has 1 aliphatic carbocycles. The number of carbonyl (C=O) groups is 2. The molecule has 6 nitrogen and oxygen atoms in total. The second-order valence-corrected chi connectivity index (χ2v) is 5.53. The molecule has 2 amide bonds. The summed E-state index contributed by atoms with van der Waals surface area (Å²) < 4.78 is 5.09. The van der Waals surface area contributed by atoms with Crippen molar-refractivity contribution >= 4 is 17.7 Å². The molecule has 1 aromatic heterocycles. The van der Waals surface area contributed by atoms with Crippen LogP contribution in [0.1, 0.15) is 56.7 Å². The molecule has 2 rings (SSSR count). The van der Waals surface area contributed by atoms with Gasteiger partial charge in [0.25, 0.3) is 0 Å². The number of nitrogens with zero attached hydrogens (tertiary/aromatic N) is 1. The van der Waals surface area contributed by atoms with Crippen molar-refractivity contribution in [3.8, 4) is 0 Å². The topological polar surface area (TPSA) is 84.2 Å². The summed E-state index contributed by atoms with van der Waals surface area (Å²) >= 11 is 0. The highest BCUT2D eigenvalue weighted by atomic mass is 16.5. The number of rotatable bonds is 6. The quantitative estimate of drug-likeness (QED) is 0.843. The van der Waals surface area contributed by atoms with Gasteiger partial charge in [-0.15, -0.1) is 0 Å². The molecule has 0 radical (unpaired) electrons. The maximum Gasteiger partial charge on any atom is 0.234 e. The largest absolute Gasteiger partial charge is 0.353 e. The molecule has 1 fully saturated rings. The van der Waals surface area contributed by atoms with Crippen LogP contribution in [0.4, 0.5) is 5.88 Å². The Morgan fingerprint density at radius 3 is 2.52 bits per heavy atom. The van der Waals surface area contributed by atoms with E-state index in [1.165, 1.54) is 12.8 Å². The summed E-state index contributed by atoms with van der Waals surface area (Å²) in [6.45, 7) is 3.83. The van der Waals surface area contributed by atoms with Gasteiger partial charge in [-0.2, -0.15) is 0 Å². The van der Waals surface area contributed by atoms with Crippen molar-refractivity contribution in [2.45, 2.75) is 64.8 Å². The average molecular weight is 293 g/mol. The number of amides is 2. The van der Waals surface area contributed by atoms with Gasteiger partial charge in [0.2, 0.25) is 17.7 Å². The third-order valence-corrected chi connectivity index (χ3v) is 3.91. The summed E-state index contributed by atoms with van der Waals surface area (Å²) in [6.07, 6.45) is 5.57. The molecule has 1 aliphatic rings. The minimum Gasteiger partial charge on any atom is -0.353 e. The lowest BCUT2D eigenvalue weighted by atomic mass is 10.2. The van der Waals surface area contributed by atoms with E-state index in [0.717, 1.165) is 30.5 Å². The summed E-state index contributed by atoms with van der Waals surface area (Å²) in [7, 11) is 0. The maximum atomic E-state index is 11.8. The summed E-state index contributed by atoms with van der Waals surface area (Å²) in [6, 6.07) is 0.296. The highest BCUT2D eigenvalue weighted by Gasteiger charge is 2.18. The third kappa shape index (κ3) is 4.31. The second kappa shape index (κ2) is 7.24. The molecule has 0 aliphatic heterocycles. The molecule has 1 heterocycles. The minimum atomic E-state index is -0.224. The van der Waals surface area contributed by atoms with Gasteiger partial charge in [-0.3, -0.25) is 14.9 Å². The number of carbonyl (C=O) groups excluding carboxylic acids is 2. The molecule has 0 bridgehead atoms. The SMILES string of the molecule is CCc1noc(NC(=O)CCC(=O)NC2CCCC2)c1C. The summed E-state index contributed by atoms with van der Waals surface area (Å²) in [5.74, 6) is 0.104. The zero-order valence-corrected chi connectivity index (χ0v) is 12.7. The van der Waals surface area contributed by atoms with Crippen LogP contribution in [0.5, 0.6) is 0 Å². The first-order chi connectivity index (χ1) is 10.1. The van der Waals surface area contributed by atoms with Crippen molar-refractivity contribution in [3.05, 3.63) is 11.3 Å². The van der Waals surface area contributed by atoms with Gasteiger partial charge in [0.05, 0.1) is 5.69 Å². The van der Waals surface area contributed by atoms with Crippen LogP contribution in [0.25, 0.3) is 0 Å². The number of hydrogen-bond donors (Lipinski definition) is 2. The van der Waals surface area contributed by atoms with Crippen molar-refractivity contribution < 1.29 is 14.1 Å². The van der Waals surface area contributed by atoms with E-state index >= 15 is 0 Å². The first-order valence-electron chi connectivity index (χ1n) is 7.64. The van der Waals surface area contributed by atoms with E-state index in [2.05, 4.69) is 15.8 Å². The molecular formula is C15H23N3O3. The molecule has 0 unspecified atom stereocenters. The molecular weight excluding hydrogens is 270 g/mol. The van der Waals surface area contributed by atoms with Gasteiger partial charge in [-0.25, -0.2) is 0 Å². The normalized spacial score (nSPS) is 15.1. The predicted octanol–water partition coefficient (Wildman–Crippen LogP) is 2.32. The Kier molecular flexibility index (Phi) is 5.36. The summed E-state index contributed by atoms with van der Waals surface area (Å²) in [4.78, 5) is 23.6. The Hall–Kier alpha value is -1.85. The van der Waals surface area contributed by atoms with Gasteiger partial charge in [-0.05, 0) is 26.2 Å². The van der Waals surface area contributed by atoms with Crippen molar-refractivity contribution in [1.82, 2.24) is 10.5 Å². The highest BCUT2D eigenvalue weighted by molar-refractivity contribution is 5.92. The number of hydrogen-bond acceptors (Lipinski definition) is 4. The lowest BCUT2D eigenvalue weighted by Crippen LogP contribution is -2.33. The Bertz CT molecular complexity index is 504. The van der Waals surface area contributed by atoms with Crippen LogP contribution in [-0.4, -0.2) is 23.0 Å². The Balaban J connectivity index is 1.73. The monoisotopic (exact) mass is 293 g/mol. The molecule has 2 N–H and O–H groups in total. The number of nitrogens with one attached hydrogen (secondary N) is 2. The van der Waals surface area contributed by atoms with E-state index in [1.807, 2.05) is 13.8 Å². The first-order valence-corrected chi connectivity index (χ1v) is 7.64. The van der Waals surface area contributed by atoms with E-state index in [1.54, 1.807) is 0 Å². The van der Waals surface area contributed by atoms with Crippen molar-refractivity contribution in [1.29, 1.82) is 0 Å². The van der Waals surface area contributed by atoms with Gasteiger partial charge in [0, 0.05) is 24.4 Å². The molecule has 0 spiro atoms. The predicted molar refractivity (Wildman–Crippen MR) is 78.9 cm³/mol. The Morgan fingerprint density at radius 2 is 1.90 bits per heavy atom. The van der Waals surface area contributed by atoms with Gasteiger partial charge in [0.15, 0.2) is 0 Å². The average Bonchev–Trinajstić information content (AvgIpc) is 3.08. The molecule has 6 heteroatoms. The molecule has 0 atom stereocenters. The van der Waals surface area contributed by atoms with Gasteiger partial charge < -0.3 is 9.84 Å². The Labute approximate surface area is 124 Å². The third-order valence-electron chi connectivity index (χ3n) is 3.91. The number of aryl methyl sites for hydroxylation is 1. The van der Waals surface area contributed by atoms with E-state index in [4.69, 9.17) is 4.52 Å². The zero-order chi connectivity index (χ0) is 15.2. The second-order valence-electron chi connectivity index (χ2n) is 5.53. The fraction of sp³-hybridized carbons (Fsp3) is 0.667. The van der Waals surface area contributed by atoms with Crippen LogP contribution < -0.4 is 10.6 Å². The van der Waals surface area contributed by atoms with E-state index in [9.17, 15) is 9.59 Å². The van der Waals surface area contributed by atoms with Crippen LogP contribution in [0.15, 0.2) is 4.52 Å². The van der Waals surface area contributed by atoms with Crippen LogP contribution in [0.2, 0.25) is 0 Å². The van der Waals surface area contributed by atoms with Crippen LogP contribution in [-0.2, 0) is 16.0 Å². The van der Waals surface area contributed by atoms with Crippen molar-refractivity contribution in [2.24, 2.45) is 0 Å². The molecule has 21 heavy (non-hydrogen) atoms. The number of anilines is 1. The fourth-order valence-electron chi connectivity index (χ4n) is 2.60. The Morgan fingerprint density at radius 1 is 1.24 bits per heavy atom. The van der Waals surface area contributed by atoms with Crippen molar-refractivity contribution in [2.75, 3.05) is 5.32 Å². The van der Waals surface area contributed by atoms with Crippen LogP contribution in [0, 0.1) is 6.92 Å². The molecule has 0 saturated heterocycles. The molecule has 0 aromatic carbocycles. The minimum absolute atomic E-state index is 0.0550. The van der Waals surface area contributed by atoms with Crippen LogP contribution >= 0.6 is 0 Å². The standard InChI is InChI=1S/C15H23N3O3/c1-3-12-10(2)15(21-18-12)17-14(20)9-8-13(19)16-11-6-4-5-7-11/h11H,3-9H2,1-2H3,(H,16,19)(H,17,20). The zero-order valence-electron chi connectivity index (χ0n) is 12.7. The molecule has 1 aromatic rings. The first kappa shape index (κ1) is 15.5. The highest BCUT2D eigenvalue weighted by Crippen LogP contribution is 2.19. The maximum absolute atomic E-state index is 11.8. The van der Waals surface area contributed by atoms with E-state index < -0.39 is 0 Å². The summed E-state index contributed by atoms with van der Waals surface area (Å²) in [5.41, 5.74) is 1.69. The van der Waals surface area contributed by atoms with Crippen LogP contribution in [0.3, 0.4) is 0 Å². The fourth-order valence-corrected chi connectivity index (χ4v) is 2.60.